The molecule has 0 heterocycles. The highest BCUT2D eigenvalue weighted by atomic mass is 79.9. The van der Waals surface area contributed by atoms with Crippen molar-refractivity contribution in [1.29, 1.82) is 0 Å². The van der Waals surface area contributed by atoms with E-state index in [2.05, 4.69) is 20.7 Å². The molecule has 0 aliphatic heterocycles. The first-order chi connectivity index (χ1) is 9.56. The number of nitrogens with one attached hydrogen (secondary N) is 1. The van der Waals surface area contributed by atoms with E-state index in [9.17, 15) is 8.42 Å². The fourth-order valence-electron chi connectivity index (χ4n) is 2.07. The average Bonchev–Trinajstić information content (AvgIpc) is 3.25. The van der Waals surface area contributed by atoms with E-state index < -0.39 is 10.0 Å². The summed E-state index contributed by atoms with van der Waals surface area (Å²) in [7, 11) is -3.24. The lowest BCUT2D eigenvalue weighted by molar-refractivity contribution is 0.600. The molecule has 0 aromatic heterocycles. The Balaban J connectivity index is 1.98. The Morgan fingerprint density at radius 3 is 2.30 bits per heavy atom. The minimum atomic E-state index is -3.24. The molecule has 0 amide bonds. The quantitative estimate of drug-likeness (QED) is 0.903. The van der Waals surface area contributed by atoms with Crippen LogP contribution in [0.2, 0.25) is 0 Å². The van der Waals surface area contributed by atoms with Gasteiger partial charge >= 0.3 is 0 Å². The van der Waals surface area contributed by atoms with Crippen molar-refractivity contribution in [2.24, 2.45) is 0 Å². The lowest BCUT2D eigenvalue weighted by Crippen LogP contribution is -2.17. The van der Waals surface area contributed by atoms with Gasteiger partial charge in [0.2, 0.25) is 10.0 Å². The van der Waals surface area contributed by atoms with Crippen molar-refractivity contribution in [2.75, 3.05) is 4.72 Å². The van der Waals surface area contributed by atoms with E-state index in [4.69, 9.17) is 0 Å². The number of anilines is 1. The summed E-state index contributed by atoms with van der Waals surface area (Å²) in [6.45, 7) is 0. The molecule has 1 fully saturated rings. The van der Waals surface area contributed by atoms with Crippen LogP contribution in [0.1, 0.15) is 12.8 Å². The van der Waals surface area contributed by atoms with E-state index in [0.717, 1.165) is 28.4 Å². The molecule has 0 saturated heterocycles. The van der Waals surface area contributed by atoms with Gasteiger partial charge in [-0.1, -0.05) is 46.3 Å². The van der Waals surface area contributed by atoms with Crippen LogP contribution in [0, 0.1) is 0 Å². The van der Waals surface area contributed by atoms with E-state index in [1.807, 2.05) is 42.5 Å². The first-order valence-corrected chi connectivity index (χ1v) is 8.77. The Kier molecular flexibility index (Phi) is 3.56. The van der Waals surface area contributed by atoms with Crippen molar-refractivity contribution in [3.63, 3.8) is 0 Å². The first kappa shape index (κ1) is 13.6. The molecule has 0 atom stereocenters. The second-order valence-corrected chi connectivity index (χ2v) is 7.78. The normalized spacial score (nSPS) is 15.1. The standard InChI is InChI=1S/C15H14BrNO2S/c16-12-7-5-11(6-8-12)14-3-1-2-4-15(14)17-20(18,19)13-9-10-13/h1-8,13,17H,9-10H2. The monoisotopic (exact) mass is 351 g/mol. The van der Waals surface area contributed by atoms with Crippen molar-refractivity contribution < 1.29 is 8.42 Å². The van der Waals surface area contributed by atoms with Crippen LogP contribution in [0.15, 0.2) is 53.0 Å². The average molecular weight is 352 g/mol. The number of halogens is 1. The van der Waals surface area contributed by atoms with E-state index in [0.29, 0.717) is 5.69 Å². The molecule has 1 aliphatic rings. The smallest absolute Gasteiger partial charge is 0.235 e. The fraction of sp³-hybridized carbons (Fsp3) is 0.200. The molecule has 1 N–H and O–H groups in total. The van der Waals surface area contributed by atoms with Crippen LogP contribution in [0.5, 0.6) is 0 Å². The van der Waals surface area contributed by atoms with E-state index in [1.54, 1.807) is 6.07 Å². The molecule has 0 bridgehead atoms. The van der Waals surface area contributed by atoms with Crippen molar-refractivity contribution in [3.8, 4) is 11.1 Å². The maximum atomic E-state index is 12.1. The molecule has 0 spiro atoms. The van der Waals surface area contributed by atoms with Gasteiger partial charge in [0, 0.05) is 10.0 Å². The Morgan fingerprint density at radius 2 is 1.65 bits per heavy atom. The molecule has 2 aromatic rings. The molecule has 2 aromatic carbocycles. The van der Waals surface area contributed by atoms with Gasteiger partial charge in [-0.25, -0.2) is 8.42 Å². The topological polar surface area (TPSA) is 46.2 Å². The first-order valence-electron chi connectivity index (χ1n) is 6.43. The van der Waals surface area contributed by atoms with Crippen LogP contribution in [-0.4, -0.2) is 13.7 Å². The van der Waals surface area contributed by atoms with Gasteiger partial charge in [0.1, 0.15) is 0 Å². The Labute approximate surface area is 127 Å². The van der Waals surface area contributed by atoms with Crippen molar-refractivity contribution in [2.45, 2.75) is 18.1 Å². The van der Waals surface area contributed by atoms with Crippen molar-refractivity contribution in [3.05, 3.63) is 53.0 Å². The van der Waals surface area contributed by atoms with E-state index >= 15 is 0 Å². The van der Waals surface area contributed by atoms with Crippen LogP contribution in [0.3, 0.4) is 0 Å². The van der Waals surface area contributed by atoms with Gasteiger partial charge in [-0.3, -0.25) is 4.72 Å². The minimum absolute atomic E-state index is 0.222. The van der Waals surface area contributed by atoms with Crippen molar-refractivity contribution >= 4 is 31.6 Å². The van der Waals surface area contributed by atoms with E-state index in [1.165, 1.54) is 0 Å². The summed E-state index contributed by atoms with van der Waals surface area (Å²) in [6, 6.07) is 15.3. The fourth-order valence-corrected chi connectivity index (χ4v) is 3.74. The molecule has 3 rings (SSSR count). The van der Waals surface area contributed by atoms with Gasteiger partial charge in [0.15, 0.2) is 0 Å². The summed E-state index contributed by atoms with van der Waals surface area (Å²) in [5, 5.41) is -0.222. The van der Waals surface area contributed by atoms with Crippen LogP contribution < -0.4 is 4.72 Å². The summed E-state index contributed by atoms with van der Waals surface area (Å²) < 4.78 is 27.9. The zero-order valence-corrected chi connectivity index (χ0v) is 13.1. The van der Waals surface area contributed by atoms with Gasteiger partial charge in [-0.05, 0) is 36.6 Å². The number of benzene rings is 2. The predicted octanol–water partition coefficient (Wildman–Crippen LogP) is 4.02. The minimum Gasteiger partial charge on any atom is -0.283 e. The SMILES string of the molecule is O=S(=O)(Nc1ccccc1-c1ccc(Br)cc1)C1CC1. The highest BCUT2D eigenvalue weighted by Gasteiger charge is 2.36. The molecule has 0 unspecified atom stereocenters. The number of rotatable bonds is 4. The number of hydrogen-bond donors (Lipinski definition) is 1. The number of hydrogen-bond acceptors (Lipinski definition) is 2. The molecule has 3 nitrogen and oxygen atoms in total. The maximum Gasteiger partial charge on any atom is 0.235 e. The molecule has 20 heavy (non-hydrogen) atoms. The Bertz CT molecular complexity index is 722. The highest BCUT2D eigenvalue weighted by Crippen LogP contribution is 2.33. The van der Waals surface area contributed by atoms with E-state index in [-0.39, 0.29) is 5.25 Å². The zero-order valence-electron chi connectivity index (χ0n) is 10.7. The summed E-state index contributed by atoms with van der Waals surface area (Å²) in [5.41, 5.74) is 2.52. The number of sulfonamides is 1. The molecule has 104 valence electrons. The summed E-state index contributed by atoms with van der Waals surface area (Å²) in [5.74, 6) is 0. The largest absolute Gasteiger partial charge is 0.283 e. The Hall–Kier alpha value is -1.33. The lowest BCUT2D eigenvalue weighted by Gasteiger charge is -2.12. The molecule has 1 aliphatic carbocycles. The third kappa shape index (κ3) is 2.88. The van der Waals surface area contributed by atoms with Crippen LogP contribution >= 0.6 is 15.9 Å². The second kappa shape index (κ2) is 5.22. The predicted molar refractivity (Wildman–Crippen MR) is 85.1 cm³/mol. The molecule has 5 heteroatoms. The van der Waals surface area contributed by atoms with Crippen molar-refractivity contribution in [1.82, 2.24) is 0 Å². The van der Waals surface area contributed by atoms with Gasteiger partial charge in [-0.2, -0.15) is 0 Å². The third-order valence-corrected chi connectivity index (χ3v) is 5.68. The van der Waals surface area contributed by atoms with Gasteiger partial charge in [-0.15, -0.1) is 0 Å². The third-order valence-electron chi connectivity index (χ3n) is 3.30. The van der Waals surface area contributed by atoms with Crippen LogP contribution in [-0.2, 0) is 10.0 Å². The molecule has 0 radical (unpaired) electrons. The zero-order chi connectivity index (χ0) is 14.2. The highest BCUT2D eigenvalue weighted by molar-refractivity contribution is 9.10. The van der Waals surface area contributed by atoms with Gasteiger partial charge < -0.3 is 0 Å². The molecule has 1 saturated carbocycles. The lowest BCUT2D eigenvalue weighted by atomic mass is 10.0. The second-order valence-electron chi connectivity index (χ2n) is 4.90. The molecular formula is C15H14BrNO2S. The van der Waals surface area contributed by atoms with Gasteiger partial charge in [0.05, 0.1) is 10.9 Å². The molecular weight excluding hydrogens is 338 g/mol. The number of para-hydroxylation sites is 1. The Morgan fingerprint density at radius 1 is 1.00 bits per heavy atom. The summed E-state index contributed by atoms with van der Waals surface area (Å²) in [6.07, 6.45) is 1.52. The van der Waals surface area contributed by atoms with Crippen LogP contribution in [0.4, 0.5) is 5.69 Å². The van der Waals surface area contributed by atoms with Crippen LogP contribution in [0.25, 0.3) is 11.1 Å². The van der Waals surface area contributed by atoms with Gasteiger partial charge in [0.25, 0.3) is 0 Å². The maximum absolute atomic E-state index is 12.1. The summed E-state index contributed by atoms with van der Waals surface area (Å²) in [4.78, 5) is 0. The summed E-state index contributed by atoms with van der Waals surface area (Å²) >= 11 is 3.40.